The van der Waals surface area contributed by atoms with Crippen LogP contribution in [0.5, 0.6) is 5.75 Å². The predicted octanol–water partition coefficient (Wildman–Crippen LogP) is 0.850. The van der Waals surface area contributed by atoms with Crippen LogP contribution in [0, 0.1) is 0 Å². The predicted molar refractivity (Wildman–Crippen MR) is 111 cm³/mol. The standard InChI is InChI=1S/C21H23Cl2N3O2/c22-17-2-3-18(23)19(12-17)24-21(27)14-26-8-6-25(7-9-26)13-15-1-4-20-16(11-15)5-10-28-20/h1-4,11-12H,5-10,13-14H2,(H,24,27)/p+2. The van der Waals surface area contributed by atoms with Crippen molar-refractivity contribution in [2.75, 3.05) is 44.6 Å². The fourth-order valence-corrected chi connectivity index (χ4v) is 4.30. The fourth-order valence-electron chi connectivity index (χ4n) is 3.96. The maximum atomic E-state index is 12.4. The zero-order valence-corrected chi connectivity index (χ0v) is 17.2. The Balaban J connectivity index is 1.25. The molecule has 5 nitrogen and oxygen atoms in total. The summed E-state index contributed by atoms with van der Waals surface area (Å²) in [5.74, 6) is 1.01. The van der Waals surface area contributed by atoms with E-state index in [1.54, 1.807) is 23.1 Å². The molecule has 0 spiro atoms. The second-order valence-corrected chi connectivity index (χ2v) is 8.41. The number of halogens is 2. The molecule has 2 heterocycles. The number of carbonyl (C=O) groups is 1. The van der Waals surface area contributed by atoms with Crippen molar-refractivity contribution in [3.63, 3.8) is 0 Å². The Kier molecular flexibility index (Phi) is 6.07. The maximum absolute atomic E-state index is 12.4. The summed E-state index contributed by atoms with van der Waals surface area (Å²) >= 11 is 12.1. The van der Waals surface area contributed by atoms with E-state index < -0.39 is 0 Å². The van der Waals surface area contributed by atoms with Crippen LogP contribution in [0.2, 0.25) is 10.0 Å². The number of quaternary nitrogens is 2. The SMILES string of the molecule is O=C(C[NH+]1CC[NH+](Cc2ccc3c(c2)CCO3)CC1)Nc1cc(Cl)ccc1Cl. The monoisotopic (exact) mass is 421 g/mol. The molecule has 0 aromatic heterocycles. The van der Waals surface area contributed by atoms with Crippen LogP contribution in [0.1, 0.15) is 11.1 Å². The van der Waals surface area contributed by atoms with Crippen molar-refractivity contribution in [2.24, 2.45) is 0 Å². The number of fused-ring (bicyclic) bond motifs is 1. The fraction of sp³-hybridized carbons (Fsp3) is 0.381. The molecule has 148 valence electrons. The van der Waals surface area contributed by atoms with Gasteiger partial charge in [0.25, 0.3) is 5.91 Å². The van der Waals surface area contributed by atoms with Gasteiger partial charge in [-0.05, 0) is 42.0 Å². The van der Waals surface area contributed by atoms with Crippen molar-refractivity contribution >= 4 is 34.8 Å². The highest BCUT2D eigenvalue weighted by atomic mass is 35.5. The molecule has 4 rings (SSSR count). The van der Waals surface area contributed by atoms with Gasteiger partial charge in [0.05, 0.1) is 17.3 Å². The van der Waals surface area contributed by atoms with E-state index in [0.29, 0.717) is 22.3 Å². The van der Waals surface area contributed by atoms with E-state index in [0.717, 1.165) is 51.5 Å². The van der Waals surface area contributed by atoms with Crippen molar-refractivity contribution in [1.82, 2.24) is 0 Å². The molecule has 0 bridgehead atoms. The number of hydrogen-bond donors (Lipinski definition) is 3. The molecule has 2 aliphatic rings. The van der Waals surface area contributed by atoms with Crippen molar-refractivity contribution < 1.29 is 19.3 Å². The van der Waals surface area contributed by atoms with Gasteiger partial charge in [-0.3, -0.25) is 4.79 Å². The highest BCUT2D eigenvalue weighted by molar-refractivity contribution is 6.35. The third kappa shape index (κ3) is 4.78. The average Bonchev–Trinajstić information content (AvgIpc) is 3.14. The quantitative estimate of drug-likeness (QED) is 0.670. The molecule has 2 aromatic rings. The summed E-state index contributed by atoms with van der Waals surface area (Å²) in [6, 6.07) is 11.7. The lowest BCUT2D eigenvalue weighted by Gasteiger charge is -2.29. The molecular weight excluding hydrogens is 397 g/mol. The summed E-state index contributed by atoms with van der Waals surface area (Å²) < 4.78 is 5.59. The molecule has 0 saturated carbocycles. The average molecular weight is 422 g/mol. The summed E-state index contributed by atoms with van der Waals surface area (Å²) in [5, 5.41) is 3.94. The number of benzene rings is 2. The summed E-state index contributed by atoms with van der Waals surface area (Å²) in [6.07, 6.45) is 1.02. The van der Waals surface area contributed by atoms with E-state index in [2.05, 4.69) is 23.5 Å². The molecule has 0 aliphatic carbocycles. The van der Waals surface area contributed by atoms with E-state index in [1.165, 1.54) is 16.0 Å². The van der Waals surface area contributed by atoms with Crippen LogP contribution in [-0.4, -0.2) is 45.2 Å². The number of rotatable bonds is 5. The van der Waals surface area contributed by atoms with Gasteiger partial charge in [-0.1, -0.05) is 23.2 Å². The molecule has 2 aliphatic heterocycles. The van der Waals surface area contributed by atoms with E-state index in [1.807, 2.05) is 0 Å². The second kappa shape index (κ2) is 8.70. The number of anilines is 1. The lowest BCUT2D eigenvalue weighted by Crippen LogP contribution is -3.28. The van der Waals surface area contributed by atoms with E-state index in [4.69, 9.17) is 27.9 Å². The Morgan fingerprint density at radius 3 is 2.64 bits per heavy atom. The number of nitrogens with one attached hydrogen (secondary N) is 3. The van der Waals surface area contributed by atoms with Crippen molar-refractivity contribution in [3.8, 4) is 5.75 Å². The Morgan fingerprint density at radius 1 is 1.04 bits per heavy atom. The molecule has 28 heavy (non-hydrogen) atoms. The van der Waals surface area contributed by atoms with Gasteiger partial charge in [0.15, 0.2) is 6.54 Å². The van der Waals surface area contributed by atoms with Crippen LogP contribution < -0.4 is 19.9 Å². The largest absolute Gasteiger partial charge is 0.493 e. The molecule has 1 fully saturated rings. The molecule has 7 heteroatoms. The summed E-state index contributed by atoms with van der Waals surface area (Å²) in [4.78, 5) is 15.3. The molecule has 0 atom stereocenters. The van der Waals surface area contributed by atoms with E-state index in [-0.39, 0.29) is 5.91 Å². The third-order valence-corrected chi connectivity index (χ3v) is 6.05. The van der Waals surface area contributed by atoms with Gasteiger partial charge in [-0.2, -0.15) is 0 Å². The van der Waals surface area contributed by atoms with E-state index >= 15 is 0 Å². The first-order chi connectivity index (χ1) is 13.6. The highest BCUT2D eigenvalue weighted by Gasteiger charge is 2.25. The minimum absolute atomic E-state index is 0.0266. The van der Waals surface area contributed by atoms with Crippen LogP contribution in [-0.2, 0) is 17.8 Å². The normalized spacial score (nSPS) is 21.1. The summed E-state index contributed by atoms with van der Waals surface area (Å²) in [5.41, 5.74) is 3.27. The van der Waals surface area contributed by atoms with Gasteiger partial charge in [0.1, 0.15) is 38.5 Å². The molecule has 1 amide bonds. The van der Waals surface area contributed by atoms with Gasteiger partial charge in [0, 0.05) is 17.0 Å². The van der Waals surface area contributed by atoms with Crippen LogP contribution >= 0.6 is 23.2 Å². The Bertz CT molecular complexity index is 867. The van der Waals surface area contributed by atoms with Crippen molar-refractivity contribution in [1.29, 1.82) is 0 Å². The molecule has 2 aromatic carbocycles. The lowest BCUT2D eigenvalue weighted by atomic mass is 10.1. The topological polar surface area (TPSA) is 47.2 Å². The van der Waals surface area contributed by atoms with Crippen LogP contribution in [0.25, 0.3) is 0 Å². The first-order valence-corrected chi connectivity index (χ1v) is 10.5. The van der Waals surface area contributed by atoms with Crippen LogP contribution in [0.3, 0.4) is 0 Å². The lowest BCUT2D eigenvalue weighted by molar-refractivity contribution is -1.02. The van der Waals surface area contributed by atoms with Crippen molar-refractivity contribution in [3.05, 3.63) is 57.6 Å². The van der Waals surface area contributed by atoms with Gasteiger partial charge < -0.3 is 19.9 Å². The van der Waals surface area contributed by atoms with Crippen molar-refractivity contribution in [2.45, 2.75) is 13.0 Å². The molecule has 3 N–H and O–H groups in total. The van der Waals surface area contributed by atoms with Crippen LogP contribution in [0.15, 0.2) is 36.4 Å². The molecule has 1 saturated heterocycles. The Hall–Kier alpha value is -1.79. The maximum Gasteiger partial charge on any atom is 0.279 e. The summed E-state index contributed by atoms with van der Waals surface area (Å²) in [7, 11) is 0. The molecule has 0 unspecified atom stereocenters. The van der Waals surface area contributed by atoms with E-state index in [9.17, 15) is 4.79 Å². The Labute approximate surface area is 175 Å². The zero-order chi connectivity index (χ0) is 19.5. The summed E-state index contributed by atoms with van der Waals surface area (Å²) in [6.45, 7) is 6.38. The number of piperazine rings is 1. The number of carbonyl (C=O) groups excluding carboxylic acids is 1. The number of amides is 1. The van der Waals surface area contributed by atoms with Gasteiger partial charge >= 0.3 is 0 Å². The molecular formula is C21H25Cl2N3O2+2. The van der Waals surface area contributed by atoms with Gasteiger partial charge in [0.2, 0.25) is 0 Å². The first kappa shape index (κ1) is 19.5. The first-order valence-electron chi connectivity index (χ1n) is 9.73. The van der Waals surface area contributed by atoms with Crippen LogP contribution in [0.4, 0.5) is 5.69 Å². The van der Waals surface area contributed by atoms with Gasteiger partial charge in [-0.15, -0.1) is 0 Å². The number of ether oxygens (including phenoxy) is 1. The Morgan fingerprint density at radius 2 is 1.82 bits per heavy atom. The highest BCUT2D eigenvalue weighted by Crippen LogP contribution is 2.26. The minimum Gasteiger partial charge on any atom is -0.493 e. The number of hydrogen-bond acceptors (Lipinski definition) is 2. The molecule has 0 radical (unpaired) electrons. The zero-order valence-electron chi connectivity index (χ0n) is 15.7. The third-order valence-electron chi connectivity index (χ3n) is 5.49. The smallest absolute Gasteiger partial charge is 0.279 e. The second-order valence-electron chi connectivity index (χ2n) is 7.57. The minimum atomic E-state index is -0.0266. The van der Waals surface area contributed by atoms with Gasteiger partial charge in [-0.25, -0.2) is 0 Å².